The third-order valence-electron chi connectivity index (χ3n) is 3.63. The highest BCUT2D eigenvalue weighted by Gasteiger charge is 2.31. The van der Waals surface area contributed by atoms with E-state index in [-0.39, 0.29) is 17.8 Å². The standard InChI is InChI=1S/C13H18O4/c1-16-12(14)8-11(9-4-2-5-9)17-13(15)10-6-3-7-10/h8-10H,2-7H2,1H3. The summed E-state index contributed by atoms with van der Waals surface area (Å²) in [5, 5.41) is 0. The van der Waals surface area contributed by atoms with Gasteiger partial charge in [0.25, 0.3) is 0 Å². The molecule has 0 amide bonds. The summed E-state index contributed by atoms with van der Waals surface area (Å²) in [5.74, 6) is 0.126. The van der Waals surface area contributed by atoms with Crippen LogP contribution in [-0.4, -0.2) is 19.0 Å². The zero-order valence-electron chi connectivity index (χ0n) is 10.1. The molecule has 0 bridgehead atoms. The van der Waals surface area contributed by atoms with E-state index in [2.05, 4.69) is 4.74 Å². The lowest BCUT2D eigenvalue weighted by Crippen LogP contribution is -2.27. The van der Waals surface area contributed by atoms with Crippen LogP contribution < -0.4 is 0 Å². The summed E-state index contributed by atoms with van der Waals surface area (Å²) in [6, 6.07) is 0. The van der Waals surface area contributed by atoms with Crippen LogP contribution in [0, 0.1) is 11.8 Å². The Morgan fingerprint density at radius 3 is 2.06 bits per heavy atom. The van der Waals surface area contributed by atoms with Crippen molar-refractivity contribution in [1.29, 1.82) is 0 Å². The normalized spacial score (nSPS) is 21.4. The van der Waals surface area contributed by atoms with E-state index in [1.54, 1.807) is 0 Å². The van der Waals surface area contributed by atoms with Crippen molar-refractivity contribution < 1.29 is 19.1 Å². The summed E-state index contributed by atoms with van der Waals surface area (Å²) >= 11 is 0. The molecule has 2 rings (SSSR count). The third-order valence-corrected chi connectivity index (χ3v) is 3.63. The van der Waals surface area contributed by atoms with E-state index in [1.807, 2.05) is 0 Å². The molecule has 0 heterocycles. The molecule has 0 spiro atoms. The number of carbonyl (C=O) groups is 2. The maximum Gasteiger partial charge on any atom is 0.333 e. The molecule has 0 aromatic rings. The Morgan fingerprint density at radius 2 is 1.65 bits per heavy atom. The highest BCUT2D eigenvalue weighted by Crippen LogP contribution is 2.35. The predicted octanol–water partition coefficient (Wildman–Crippen LogP) is 2.19. The van der Waals surface area contributed by atoms with Crippen molar-refractivity contribution in [1.82, 2.24) is 0 Å². The van der Waals surface area contributed by atoms with Crippen LogP contribution in [0.3, 0.4) is 0 Å². The number of ether oxygens (including phenoxy) is 2. The molecule has 0 saturated heterocycles. The van der Waals surface area contributed by atoms with Gasteiger partial charge in [0.2, 0.25) is 0 Å². The minimum Gasteiger partial charge on any atom is -0.466 e. The summed E-state index contributed by atoms with van der Waals surface area (Å²) in [6.07, 6.45) is 7.34. The van der Waals surface area contributed by atoms with Crippen molar-refractivity contribution in [3.8, 4) is 0 Å². The predicted molar refractivity (Wildman–Crippen MR) is 60.9 cm³/mol. The molecule has 2 saturated carbocycles. The molecular weight excluding hydrogens is 220 g/mol. The topological polar surface area (TPSA) is 52.6 Å². The molecule has 0 unspecified atom stereocenters. The van der Waals surface area contributed by atoms with E-state index in [4.69, 9.17) is 4.74 Å². The van der Waals surface area contributed by atoms with E-state index < -0.39 is 5.97 Å². The van der Waals surface area contributed by atoms with Gasteiger partial charge in [0, 0.05) is 5.92 Å². The fourth-order valence-electron chi connectivity index (χ4n) is 1.94. The van der Waals surface area contributed by atoms with Crippen LogP contribution in [-0.2, 0) is 19.1 Å². The van der Waals surface area contributed by atoms with Crippen LogP contribution >= 0.6 is 0 Å². The van der Waals surface area contributed by atoms with Crippen LogP contribution in [0.5, 0.6) is 0 Å². The van der Waals surface area contributed by atoms with Crippen molar-refractivity contribution in [2.45, 2.75) is 38.5 Å². The van der Waals surface area contributed by atoms with Gasteiger partial charge in [-0.3, -0.25) is 4.79 Å². The fraction of sp³-hybridized carbons (Fsp3) is 0.692. The van der Waals surface area contributed by atoms with Gasteiger partial charge in [0.05, 0.1) is 19.1 Å². The maximum atomic E-state index is 11.7. The Balaban J connectivity index is 1.96. The van der Waals surface area contributed by atoms with E-state index in [9.17, 15) is 9.59 Å². The van der Waals surface area contributed by atoms with E-state index in [0.717, 1.165) is 38.5 Å². The van der Waals surface area contributed by atoms with Gasteiger partial charge in [-0.2, -0.15) is 0 Å². The molecule has 2 fully saturated rings. The van der Waals surface area contributed by atoms with Gasteiger partial charge < -0.3 is 9.47 Å². The molecule has 0 aromatic heterocycles. The van der Waals surface area contributed by atoms with E-state index in [1.165, 1.54) is 13.2 Å². The maximum absolute atomic E-state index is 11.7. The van der Waals surface area contributed by atoms with Crippen molar-refractivity contribution >= 4 is 11.9 Å². The smallest absolute Gasteiger partial charge is 0.333 e. The molecule has 4 heteroatoms. The summed E-state index contributed by atoms with van der Waals surface area (Å²) in [5.41, 5.74) is 0. The zero-order chi connectivity index (χ0) is 12.3. The largest absolute Gasteiger partial charge is 0.466 e. The van der Waals surface area contributed by atoms with Gasteiger partial charge in [0.1, 0.15) is 5.76 Å². The highest BCUT2D eigenvalue weighted by molar-refractivity contribution is 5.83. The van der Waals surface area contributed by atoms with Gasteiger partial charge in [-0.15, -0.1) is 0 Å². The minimum absolute atomic E-state index is 0.0381. The molecule has 0 N–H and O–H groups in total. The molecule has 4 nitrogen and oxygen atoms in total. The zero-order valence-corrected chi connectivity index (χ0v) is 10.1. The first kappa shape index (κ1) is 12.1. The van der Waals surface area contributed by atoms with Crippen LogP contribution in [0.1, 0.15) is 38.5 Å². The quantitative estimate of drug-likeness (QED) is 0.428. The fourth-order valence-corrected chi connectivity index (χ4v) is 1.94. The molecule has 2 aliphatic carbocycles. The number of rotatable bonds is 4. The molecule has 94 valence electrons. The van der Waals surface area contributed by atoms with Gasteiger partial charge in [0.15, 0.2) is 0 Å². The van der Waals surface area contributed by atoms with Crippen LogP contribution in [0.25, 0.3) is 0 Å². The van der Waals surface area contributed by atoms with Crippen LogP contribution in [0.15, 0.2) is 11.8 Å². The monoisotopic (exact) mass is 238 g/mol. The third kappa shape index (κ3) is 2.87. The average molecular weight is 238 g/mol. The molecular formula is C13H18O4. The molecule has 0 atom stereocenters. The Morgan fingerprint density at radius 1 is 1.06 bits per heavy atom. The first-order valence-corrected chi connectivity index (χ1v) is 6.22. The number of methoxy groups -OCH3 is 1. The van der Waals surface area contributed by atoms with Gasteiger partial charge in [-0.05, 0) is 25.7 Å². The van der Waals surface area contributed by atoms with Crippen LogP contribution in [0.4, 0.5) is 0 Å². The van der Waals surface area contributed by atoms with Gasteiger partial charge in [-0.25, -0.2) is 4.79 Å². The molecule has 0 aromatic carbocycles. The van der Waals surface area contributed by atoms with Crippen LogP contribution in [0.2, 0.25) is 0 Å². The van der Waals surface area contributed by atoms with Crippen molar-refractivity contribution in [3.05, 3.63) is 11.8 Å². The van der Waals surface area contributed by atoms with Gasteiger partial charge >= 0.3 is 11.9 Å². The van der Waals surface area contributed by atoms with E-state index >= 15 is 0 Å². The minimum atomic E-state index is -0.451. The molecule has 2 aliphatic rings. The van der Waals surface area contributed by atoms with E-state index in [0.29, 0.717) is 5.76 Å². The summed E-state index contributed by atoms with van der Waals surface area (Å²) in [6.45, 7) is 0. The Bertz CT molecular complexity index is 337. The number of hydrogen-bond acceptors (Lipinski definition) is 4. The second-order valence-corrected chi connectivity index (χ2v) is 4.75. The summed E-state index contributed by atoms with van der Waals surface area (Å²) in [4.78, 5) is 22.9. The summed E-state index contributed by atoms with van der Waals surface area (Å²) < 4.78 is 9.93. The van der Waals surface area contributed by atoms with Crippen molar-refractivity contribution in [2.75, 3.05) is 7.11 Å². The Kier molecular flexibility index (Phi) is 3.82. The average Bonchev–Trinajstić information content (AvgIpc) is 2.11. The Hall–Kier alpha value is -1.32. The Labute approximate surface area is 101 Å². The second-order valence-electron chi connectivity index (χ2n) is 4.75. The summed E-state index contributed by atoms with van der Waals surface area (Å²) in [7, 11) is 1.32. The molecule has 0 radical (unpaired) electrons. The van der Waals surface area contributed by atoms with Gasteiger partial charge in [-0.1, -0.05) is 12.8 Å². The van der Waals surface area contributed by atoms with Crippen molar-refractivity contribution in [2.24, 2.45) is 11.8 Å². The number of allylic oxidation sites excluding steroid dienone is 1. The second kappa shape index (κ2) is 5.34. The molecule has 17 heavy (non-hydrogen) atoms. The number of hydrogen-bond donors (Lipinski definition) is 0. The lowest BCUT2D eigenvalue weighted by molar-refractivity contribution is -0.148. The first-order valence-electron chi connectivity index (χ1n) is 6.22. The first-order chi connectivity index (χ1) is 8.20. The number of carbonyl (C=O) groups excluding carboxylic acids is 2. The lowest BCUT2D eigenvalue weighted by Gasteiger charge is -2.29. The number of esters is 2. The molecule has 0 aliphatic heterocycles. The highest BCUT2D eigenvalue weighted by atomic mass is 16.5. The van der Waals surface area contributed by atoms with Crippen molar-refractivity contribution in [3.63, 3.8) is 0 Å². The lowest BCUT2D eigenvalue weighted by atomic mass is 9.83. The SMILES string of the molecule is COC(=O)C=C(OC(=O)C1CCC1)C1CCC1.